The first-order valence-corrected chi connectivity index (χ1v) is 11.1. The Bertz CT molecular complexity index is 863. The van der Waals surface area contributed by atoms with E-state index in [9.17, 15) is 8.42 Å². The van der Waals surface area contributed by atoms with E-state index in [4.69, 9.17) is 9.47 Å². The van der Waals surface area contributed by atoms with Crippen LogP contribution in [-0.2, 0) is 16.4 Å². The Kier molecular flexibility index (Phi) is 6.85. The molecule has 1 aromatic carbocycles. The van der Waals surface area contributed by atoms with Gasteiger partial charge in [-0.05, 0) is 49.8 Å². The molecule has 1 aliphatic carbocycles. The quantitative estimate of drug-likeness (QED) is 0.726. The number of hydrogen-bond donors (Lipinski definition) is 1. The molecule has 1 aromatic heterocycles. The second kappa shape index (κ2) is 9.34. The number of hydrogen-bond acceptors (Lipinski definition) is 6. The molecule has 7 nitrogen and oxygen atoms in total. The highest BCUT2D eigenvalue weighted by atomic mass is 32.2. The average molecular weight is 406 g/mol. The lowest BCUT2D eigenvalue weighted by atomic mass is 9.94. The SMILES string of the molecule is CCCc1ccc(S(=O)(=O)NC2CCC(Oc3cncc(OC)n3)CC2)cc1. The van der Waals surface area contributed by atoms with E-state index in [2.05, 4.69) is 21.6 Å². The second-order valence-electron chi connectivity index (χ2n) is 7.01. The molecule has 0 unspecified atom stereocenters. The van der Waals surface area contributed by atoms with Gasteiger partial charge in [-0.2, -0.15) is 4.98 Å². The van der Waals surface area contributed by atoms with Crippen LogP contribution < -0.4 is 14.2 Å². The monoisotopic (exact) mass is 405 g/mol. The smallest absolute Gasteiger partial charge is 0.240 e. The molecule has 0 amide bonds. The van der Waals surface area contributed by atoms with Crippen LogP contribution in [0.5, 0.6) is 11.8 Å². The maximum absolute atomic E-state index is 12.6. The normalized spacial score (nSPS) is 19.9. The van der Waals surface area contributed by atoms with E-state index in [0.29, 0.717) is 16.7 Å². The van der Waals surface area contributed by atoms with Crippen LogP contribution >= 0.6 is 0 Å². The van der Waals surface area contributed by atoms with Crippen molar-refractivity contribution in [2.24, 2.45) is 0 Å². The fourth-order valence-corrected chi connectivity index (χ4v) is 4.67. The highest BCUT2D eigenvalue weighted by Gasteiger charge is 2.27. The third-order valence-corrected chi connectivity index (χ3v) is 6.39. The van der Waals surface area contributed by atoms with Gasteiger partial charge in [0.15, 0.2) is 0 Å². The molecular formula is C20H27N3O4S. The minimum Gasteiger partial charge on any atom is -0.480 e. The zero-order chi connectivity index (χ0) is 20.0. The van der Waals surface area contributed by atoms with Crippen LogP contribution in [0.2, 0.25) is 0 Å². The van der Waals surface area contributed by atoms with Crippen LogP contribution in [-0.4, -0.2) is 37.6 Å². The molecule has 8 heteroatoms. The van der Waals surface area contributed by atoms with Gasteiger partial charge in [0.2, 0.25) is 21.8 Å². The van der Waals surface area contributed by atoms with Gasteiger partial charge in [0.1, 0.15) is 6.10 Å². The Balaban J connectivity index is 1.53. The summed E-state index contributed by atoms with van der Waals surface area (Å²) in [6.07, 6.45) is 8.00. The molecule has 2 aromatic rings. The average Bonchev–Trinajstić information content (AvgIpc) is 2.70. The molecular weight excluding hydrogens is 378 g/mol. The molecule has 0 radical (unpaired) electrons. The Morgan fingerprint density at radius 3 is 2.39 bits per heavy atom. The summed E-state index contributed by atoms with van der Waals surface area (Å²) in [5.41, 5.74) is 1.15. The first-order chi connectivity index (χ1) is 13.5. The summed E-state index contributed by atoms with van der Waals surface area (Å²) >= 11 is 0. The van der Waals surface area contributed by atoms with E-state index in [1.807, 2.05) is 12.1 Å². The highest BCUT2D eigenvalue weighted by molar-refractivity contribution is 7.89. The van der Waals surface area contributed by atoms with Gasteiger partial charge in [0.25, 0.3) is 0 Å². The molecule has 0 bridgehead atoms. The van der Waals surface area contributed by atoms with Gasteiger partial charge >= 0.3 is 0 Å². The third kappa shape index (κ3) is 5.42. The van der Waals surface area contributed by atoms with Crippen molar-refractivity contribution < 1.29 is 17.9 Å². The lowest BCUT2D eigenvalue weighted by Gasteiger charge is -2.29. The summed E-state index contributed by atoms with van der Waals surface area (Å²) in [6.45, 7) is 2.10. The number of sulfonamides is 1. The van der Waals surface area contributed by atoms with E-state index in [0.717, 1.165) is 44.1 Å². The number of nitrogens with one attached hydrogen (secondary N) is 1. The lowest BCUT2D eigenvalue weighted by Crippen LogP contribution is -2.39. The van der Waals surface area contributed by atoms with Gasteiger partial charge in [0, 0.05) is 6.04 Å². The molecule has 1 N–H and O–H groups in total. The molecule has 28 heavy (non-hydrogen) atoms. The molecule has 1 aliphatic rings. The topological polar surface area (TPSA) is 90.4 Å². The molecule has 1 heterocycles. The fourth-order valence-electron chi connectivity index (χ4n) is 3.37. The van der Waals surface area contributed by atoms with Gasteiger partial charge < -0.3 is 9.47 Å². The molecule has 152 valence electrons. The van der Waals surface area contributed by atoms with E-state index >= 15 is 0 Å². The zero-order valence-corrected chi connectivity index (χ0v) is 17.1. The van der Waals surface area contributed by atoms with Crippen LogP contribution in [0.1, 0.15) is 44.6 Å². The summed E-state index contributed by atoms with van der Waals surface area (Å²) in [7, 11) is -1.98. The number of ether oxygens (including phenoxy) is 2. The van der Waals surface area contributed by atoms with Gasteiger partial charge in [-0.25, -0.2) is 13.1 Å². The number of benzene rings is 1. The second-order valence-corrected chi connectivity index (χ2v) is 8.72. The van der Waals surface area contributed by atoms with Crippen molar-refractivity contribution in [3.8, 4) is 11.8 Å². The van der Waals surface area contributed by atoms with Crippen molar-refractivity contribution in [3.63, 3.8) is 0 Å². The van der Waals surface area contributed by atoms with Crippen molar-refractivity contribution in [2.45, 2.75) is 62.5 Å². The van der Waals surface area contributed by atoms with Crippen molar-refractivity contribution in [1.82, 2.24) is 14.7 Å². The van der Waals surface area contributed by atoms with Gasteiger partial charge in [-0.1, -0.05) is 25.5 Å². The first kappa shape index (κ1) is 20.5. The molecule has 3 rings (SSSR count). The summed E-state index contributed by atoms with van der Waals surface area (Å²) in [4.78, 5) is 8.55. The Labute approximate surface area is 166 Å². The van der Waals surface area contributed by atoms with Crippen molar-refractivity contribution in [1.29, 1.82) is 0 Å². The van der Waals surface area contributed by atoms with Crippen molar-refractivity contribution in [2.75, 3.05) is 7.11 Å². The largest absolute Gasteiger partial charge is 0.480 e. The van der Waals surface area contributed by atoms with E-state index in [-0.39, 0.29) is 12.1 Å². The van der Waals surface area contributed by atoms with Crippen LogP contribution in [0.25, 0.3) is 0 Å². The number of aromatic nitrogens is 2. The van der Waals surface area contributed by atoms with Crippen LogP contribution in [0.3, 0.4) is 0 Å². The van der Waals surface area contributed by atoms with E-state index < -0.39 is 10.0 Å². The van der Waals surface area contributed by atoms with Gasteiger partial charge in [0.05, 0.1) is 24.4 Å². The number of aryl methyl sites for hydroxylation is 1. The van der Waals surface area contributed by atoms with Crippen molar-refractivity contribution in [3.05, 3.63) is 42.2 Å². The summed E-state index contributed by atoms with van der Waals surface area (Å²) in [5, 5.41) is 0. The Hall–Kier alpha value is -2.19. The number of nitrogens with zero attached hydrogens (tertiary/aromatic N) is 2. The molecule has 0 aliphatic heterocycles. The number of rotatable bonds is 8. The van der Waals surface area contributed by atoms with E-state index in [1.165, 1.54) is 13.3 Å². The van der Waals surface area contributed by atoms with Crippen LogP contribution in [0.15, 0.2) is 41.6 Å². The van der Waals surface area contributed by atoms with Gasteiger partial charge in [-0.3, -0.25) is 4.98 Å². The minimum absolute atomic E-state index is 0.00418. The summed E-state index contributed by atoms with van der Waals surface area (Å²) < 4.78 is 39.0. The lowest BCUT2D eigenvalue weighted by molar-refractivity contribution is 0.136. The minimum atomic E-state index is -3.51. The zero-order valence-electron chi connectivity index (χ0n) is 16.3. The van der Waals surface area contributed by atoms with Crippen LogP contribution in [0, 0.1) is 0 Å². The molecule has 0 atom stereocenters. The molecule has 1 fully saturated rings. The van der Waals surface area contributed by atoms with E-state index in [1.54, 1.807) is 18.3 Å². The first-order valence-electron chi connectivity index (χ1n) is 9.64. The van der Waals surface area contributed by atoms with Gasteiger partial charge in [-0.15, -0.1) is 0 Å². The predicted octanol–water partition coefficient (Wildman–Crippen LogP) is 3.11. The summed E-state index contributed by atoms with van der Waals surface area (Å²) in [5.74, 6) is 0.833. The maximum atomic E-state index is 12.6. The number of methoxy groups -OCH3 is 1. The molecule has 0 spiro atoms. The molecule has 0 saturated heterocycles. The van der Waals surface area contributed by atoms with Crippen LogP contribution in [0.4, 0.5) is 0 Å². The third-order valence-electron chi connectivity index (χ3n) is 4.86. The Morgan fingerprint density at radius 1 is 1.07 bits per heavy atom. The molecule has 1 saturated carbocycles. The highest BCUT2D eigenvalue weighted by Crippen LogP contribution is 2.25. The summed E-state index contributed by atoms with van der Waals surface area (Å²) in [6, 6.07) is 7.06. The Morgan fingerprint density at radius 2 is 1.75 bits per heavy atom. The fraction of sp³-hybridized carbons (Fsp3) is 0.500. The standard InChI is InChI=1S/C20H27N3O4S/c1-3-4-15-5-11-18(12-6-15)28(24,25)23-16-7-9-17(10-8-16)27-20-14-21-13-19(22-20)26-2/h5-6,11-14,16-17,23H,3-4,7-10H2,1-2H3. The predicted molar refractivity (Wildman–Crippen MR) is 106 cm³/mol. The maximum Gasteiger partial charge on any atom is 0.240 e. The van der Waals surface area contributed by atoms with Crippen molar-refractivity contribution >= 4 is 10.0 Å².